The van der Waals surface area contributed by atoms with Crippen LogP contribution in [0.25, 0.3) is 11.3 Å². The van der Waals surface area contributed by atoms with Crippen molar-refractivity contribution in [1.29, 1.82) is 5.26 Å². The van der Waals surface area contributed by atoms with Crippen molar-refractivity contribution >= 4 is 11.7 Å². The molecular formula is C16H7N3O3. The van der Waals surface area contributed by atoms with Crippen molar-refractivity contribution < 1.29 is 14.0 Å². The summed E-state index contributed by atoms with van der Waals surface area (Å²) in [4.78, 5) is 24.9. The van der Waals surface area contributed by atoms with Crippen molar-refractivity contribution in [1.82, 2.24) is 9.78 Å². The Balaban J connectivity index is 2.02. The lowest BCUT2D eigenvalue weighted by molar-refractivity contribution is 0.0919. The van der Waals surface area contributed by atoms with Crippen molar-refractivity contribution in [3.05, 3.63) is 65.2 Å². The maximum absolute atomic E-state index is 12.5. The van der Waals surface area contributed by atoms with E-state index < -0.39 is 5.91 Å². The van der Waals surface area contributed by atoms with Gasteiger partial charge in [0.2, 0.25) is 0 Å². The van der Waals surface area contributed by atoms with E-state index in [1.54, 1.807) is 30.3 Å². The highest BCUT2D eigenvalue weighted by Crippen LogP contribution is 2.38. The number of carbonyl (C=O) groups is 2. The van der Waals surface area contributed by atoms with Gasteiger partial charge in [-0.1, -0.05) is 24.3 Å². The molecule has 0 unspecified atom stereocenters. The minimum Gasteiger partial charge on any atom is -0.459 e. The summed E-state index contributed by atoms with van der Waals surface area (Å²) >= 11 is 0. The number of aromatic nitrogens is 2. The molecule has 104 valence electrons. The number of hydrogen-bond acceptors (Lipinski definition) is 5. The molecule has 0 spiro atoms. The van der Waals surface area contributed by atoms with Gasteiger partial charge < -0.3 is 4.42 Å². The monoisotopic (exact) mass is 289 g/mol. The van der Waals surface area contributed by atoms with Gasteiger partial charge in [0.1, 0.15) is 6.07 Å². The van der Waals surface area contributed by atoms with E-state index in [4.69, 9.17) is 4.42 Å². The molecule has 22 heavy (non-hydrogen) atoms. The minimum absolute atomic E-state index is 0.0592. The maximum atomic E-state index is 12.5. The van der Waals surface area contributed by atoms with Crippen LogP contribution in [0.2, 0.25) is 0 Å². The molecule has 0 bridgehead atoms. The number of nitriles is 1. The Morgan fingerprint density at radius 2 is 1.95 bits per heavy atom. The van der Waals surface area contributed by atoms with Crippen LogP contribution in [0, 0.1) is 11.3 Å². The zero-order valence-corrected chi connectivity index (χ0v) is 11.1. The lowest BCUT2D eigenvalue weighted by Gasteiger charge is -2.03. The first-order valence-corrected chi connectivity index (χ1v) is 6.48. The van der Waals surface area contributed by atoms with Crippen LogP contribution in [0.1, 0.15) is 32.2 Å². The standard InChI is InChI=1S/C16H7N3O3/c17-8-11-13-14(9-4-1-2-5-10(9)15(13)20)19(18-11)16(21)12-6-3-7-22-12/h1-7H. The Morgan fingerprint density at radius 1 is 1.18 bits per heavy atom. The largest absolute Gasteiger partial charge is 0.459 e. The quantitative estimate of drug-likeness (QED) is 0.536. The van der Waals surface area contributed by atoms with Crippen LogP contribution >= 0.6 is 0 Å². The predicted octanol–water partition coefficient (Wildman–Crippen LogP) is 2.25. The van der Waals surface area contributed by atoms with Crippen LogP contribution < -0.4 is 0 Å². The smallest absolute Gasteiger partial charge is 0.314 e. The molecule has 6 heteroatoms. The Hall–Kier alpha value is -3.46. The molecule has 0 atom stereocenters. The zero-order chi connectivity index (χ0) is 15.3. The second-order valence-corrected chi connectivity index (χ2v) is 4.75. The van der Waals surface area contributed by atoms with Gasteiger partial charge in [0.05, 0.1) is 17.5 Å². The van der Waals surface area contributed by atoms with Crippen LogP contribution in [0.3, 0.4) is 0 Å². The fraction of sp³-hybridized carbons (Fsp3) is 0. The van der Waals surface area contributed by atoms with Crippen molar-refractivity contribution in [2.75, 3.05) is 0 Å². The first kappa shape index (κ1) is 12.3. The van der Waals surface area contributed by atoms with Gasteiger partial charge in [-0.05, 0) is 12.1 Å². The van der Waals surface area contributed by atoms with E-state index in [9.17, 15) is 14.9 Å². The van der Waals surface area contributed by atoms with Crippen molar-refractivity contribution in [2.45, 2.75) is 0 Å². The van der Waals surface area contributed by atoms with Crippen molar-refractivity contribution in [2.24, 2.45) is 0 Å². The van der Waals surface area contributed by atoms with Crippen molar-refractivity contribution in [3.8, 4) is 17.3 Å². The predicted molar refractivity (Wildman–Crippen MR) is 74.2 cm³/mol. The van der Waals surface area contributed by atoms with E-state index in [0.717, 1.165) is 4.68 Å². The first-order chi connectivity index (χ1) is 10.7. The third kappa shape index (κ3) is 1.45. The minimum atomic E-state index is -0.521. The summed E-state index contributed by atoms with van der Waals surface area (Å²) in [6.07, 6.45) is 1.38. The first-order valence-electron chi connectivity index (χ1n) is 6.48. The third-order valence-electron chi connectivity index (χ3n) is 3.57. The highest BCUT2D eigenvalue weighted by molar-refractivity contribution is 6.23. The summed E-state index contributed by atoms with van der Waals surface area (Å²) in [7, 11) is 0. The number of benzene rings is 1. The molecule has 1 aromatic carbocycles. The Bertz CT molecular complexity index is 975. The molecule has 4 rings (SSSR count). The molecule has 0 fully saturated rings. The van der Waals surface area contributed by atoms with Crippen LogP contribution in [0.5, 0.6) is 0 Å². The summed E-state index contributed by atoms with van der Waals surface area (Å²) in [5.41, 5.74) is 1.52. The molecule has 2 aromatic heterocycles. The summed E-state index contributed by atoms with van der Waals surface area (Å²) in [5.74, 6) is -0.723. The number of nitrogens with zero attached hydrogens (tertiary/aromatic N) is 3. The van der Waals surface area contributed by atoms with Gasteiger partial charge in [-0.3, -0.25) is 9.59 Å². The summed E-state index contributed by atoms with van der Waals surface area (Å²) in [6, 6.07) is 11.9. The van der Waals surface area contributed by atoms with E-state index in [1.165, 1.54) is 12.3 Å². The average Bonchev–Trinajstić information content (AvgIpc) is 3.25. The molecule has 0 saturated carbocycles. The molecule has 0 aliphatic heterocycles. The van der Waals surface area contributed by atoms with E-state index in [0.29, 0.717) is 16.8 Å². The van der Waals surface area contributed by atoms with Gasteiger partial charge in [0.15, 0.2) is 17.2 Å². The van der Waals surface area contributed by atoms with Crippen molar-refractivity contribution in [3.63, 3.8) is 0 Å². The van der Waals surface area contributed by atoms with Gasteiger partial charge >= 0.3 is 5.91 Å². The van der Waals surface area contributed by atoms with Gasteiger partial charge in [-0.2, -0.15) is 15.0 Å². The highest BCUT2D eigenvalue weighted by atomic mass is 16.3. The van der Waals surface area contributed by atoms with Gasteiger partial charge in [0.25, 0.3) is 0 Å². The van der Waals surface area contributed by atoms with Crippen LogP contribution in [0.4, 0.5) is 0 Å². The normalized spacial score (nSPS) is 11.9. The number of carbonyl (C=O) groups excluding carboxylic acids is 2. The summed E-state index contributed by atoms with van der Waals surface area (Å²) in [6.45, 7) is 0. The summed E-state index contributed by atoms with van der Waals surface area (Å²) < 4.78 is 6.15. The van der Waals surface area contributed by atoms with E-state index in [1.807, 2.05) is 6.07 Å². The van der Waals surface area contributed by atoms with Gasteiger partial charge in [-0.15, -0.1) is 0 Å². The van der Waals surface area contributed by atoms with Crippen LogP contribution in [-0.2, 0) is 0 Å². The number of ketones is 1. The number of furan rings is 1. The average molecular weight is 289 g/mol. The highest BCUT2D eigenvalue weighted by Gasteiger charge is 2.36. The van der Waals surface area contributed by atoms with Gasteiger partial charge in [-0.25, -0.2) is 0 Å². The van der Waals surface area contributed by atoms with Crippen LogP contribution in [-0.4, -0.2) is 21.5 Å². The van der Waals surface area contributed by atoms with E-state index in [2.05, 4.69) is 5.10 Å². The molecule has 0 amide bonds. The fourth-order valence-electron chi connectivity index (χ4n) is 2.63. The maximum Gasteiger partial charge on any atom is 0.314 e. The fourth-order valence-corrected chi connectivity index (χ4v) is 2.63. The second-order valence-electron chi connectivity index (χ2n) is 4.75. The topological polar surface area (TPSA) is 88.9 Å². The lowest BCUT2D eigenvalue weighted by atomic mass is 10.1. The third-order valence-corrected chi connectivity index (χ3v) is 3.57. The van der Waals surface area contributed by atoms with E-state index >= 15 is 0 Å². The Labute approximate surface area is 124 Å². The Kier molecular flexibility index (Phi) is 2.38. The molecule has 0 N–H and O–H groups in total. The molecule has 3 aromatic rings. The summed E-state index contributed by atoms with van der Waals surface area (Å²) in [5, 5.41) is 13.2. The number of rotatable bonds is 1. The van der Waals surface area contributed by atoms with E-state index in [-0.39, 0.29) is 22.8 Å². The second kappa shape index (κ2) is 4.27. The molecule has 6 nitrogen and oxygen atoms in total. The lowest BCUT2D eigenvalue weighted by Crippen LogP contribution is -2.14. The number of fused-ring (bicyclic) bond motifs is 3. The Morgan fingerprint density at radius 3 is 2.64 bits per heavy atom. The molecular weight excluding hydrogens is 282 g/mol. The molecule has 1 aliphatic rings. The molecule has 0 radical (unpaired) electrons. The molecule has 0 saturated heterocycles. The number of hydrogen-bond donors (Lipinski definition) is 0. The SMILES string of the molecule is N#Cc1nn(C(=O)c2ccco2)c2c1C(=O)c1ccccc1-2. The zero-order valence-electron chi connectivity index (χ0n) is 11.1. The molecule has 2 heterocycles. The molecule has 1 aliphatic carbocycles. The van der Waals surface area contributed by atoms with Crippen LogP contribution in [0.15, 0.2) is 47.1 Å². The van der Waals surface area contributed by atoms with Gasteiger partial charge in [0, 0.05) is 11.1 Å².